The molecule has 1 aliphatic rings. The molecule has 0 atom stereocenters. The van der Waals surface area contributed by atoms with Crippen molar-refractivity contribution in [1.29, 1.82) is 0 Å². The zero-order valence-corrected chi connectivity index (χ0v) is 10.6. The largest absolute Gasteiger partial charge is 0.388 e. The third kappa shape index (κ3) is 5.83. The van der Waals surface area contributed by atoms with Crippen LogP contribution in [0, 0.1) is 0 Å². The summed E-state index contributed by atoms with van der Waals surface area (Å²) in [6, 6.07) is 0. The van der Waals surface area contributed by atoms with E-state index in [-0.39, 0.29) is 0 Å². The van der Waals surface area contributed by atoms with Gasteiger partial charge in [0, 0.05) is 32.6 Å². The average Bonchev–Trinajstić information content (AvgIpc) is 2.29. The minimum Gasteiger partial charge on any atom is -0.388 e. The third-order valence-corrected chi connectivity index (χ3v) is 3.33. The molecular formula is C13H27NO2. The van der Waals surface area contributed by atoms with Crippen molar-refractivity contribution in [2.24, 2.45) is 0 Å². The van der Waals surface area contributed by atoms with Crippen LogP contribution in [-0.4, -0.2) is 37.0 Å². The van der Waals surface area contributed by atoms with E-state index in [0.717, 1.165) is 25.9 Å². The zero-order valence-electron chi connectivity index (χ0n) is 10.6. The Kier molecular flexibility index (Phi) is 7.01. The van der Waals surface area contributed by atoms with Crippen molar-refractivity contribution in [3.8, 4) is 0 Å². The van der Waals surface area contributed by atoms with E-state index in [4.69, 9.17) is 4.74 Å². The van der Waals surface area contributed by atoms with Gasteiger partial charge < -0.3 is 15.2 Å². The maximum atomic E-state index is 10.2. The Bertz CT molecular complexity index is 167. The summed E-state index contributed by atoms with van der Waals surface area (Å²) < 4.78 is 5.25. The van der Waals surface area contributed by atoms with Crippen molar-refractivity contribution in [2.45, 2.75) is 57.5 Å². The fraction of sp³-hybridized carbons (Fsp3) is 1.00. The fourth-order valence-corrected chi connectivity index (χ4v) is 2.10. The molecule has 0 unspecified atom stereocenters. The predicted molar refractivity (Wildman–Crippen MR) is 66.6 cm³/mol. The highest BCUT2D eigenvalue weighted by Crippen LogP contribution is 2.19. The Morgan fingerprint density at radius 3 is 2.50 bits per heavy atom. The molecule has 3 nitrogen and oxygen atoms in total. The van der Waals surface area contributed by atoms with E-state index in [0.29, 0.717) is 13.2 Å². The van der Waals surface area contributed by atoms with E-state index >= 15 is 0 Å². The summed E-state index contributed by atoms with van der Waals surface area (Å²) in [4.78, 5) is 0. The topological polar surface area (TPSA) is 41.5 Å². The number of nitrogens with one attached hydrogen (secondary N) is 1. The lowest BCUT2D eigenvalue weighted by molar-refractivity contribution is -0.0614. The summed E-state index contributed by atoms with van der Waals surface area (Å²) in [7, 11) is 0. The van der Waals surface area contributed by atoms with Gasteiger partial charge in [0.25, 0.3) is 0 Å². The molecule has 2 N–H and O–H groups in total. The van der Waals surface area contributed by atoms with E-state index < -0.39 is 5.60 Å². The van der Waals surface area contributed by atoms with Crippen molar-refractivity contribution in [3.63, 3.8) is 0 Å². The quantitative estimate of drug-likeness (QED) is 0.626. The van der Waals surface area contributed by atoms with E-state index in [2.05, 4.69) is 12.2 Å². The van der Waals surface area contributed by atoms with E-state index in [1.165, 1.54) is 32.1 Å². The molecule has 3 heteroatoms. The molecule has 0 aromatic heterocycles. The Hall–Kier alpha value is -0.120. The van der Waals surface area contributed by atoms with Crippen LogP contribution in [0.15, 0.2) is 0 Å². The summed E-state index contributed by atoms with van der Waals surface area (Å²) in [6.45, 7) is 5.40. The molecule has 0 amide bonds. The minimum atomic E-state index is -0.512. The monoisotopic (exact) mass is 229 g/mol. The lowest BCUT2D eigenvalue weighted by Gasteiger charge is -2.32. The highest BCUT2D eigenvalue weighted by atomic mass is 16.5. The molecule has 0 saturated carbocycles. The lowest BCUT2D eigenvalue weighted by Crippen LogP contribution is -2.45. The molecule has 0 radical (unpaired) electrons. The van der Waals surface area contributed by atoms with Gasteiger partial charge in [-0.2, -0.15) is 0 Å². The highest BCUT2D eigenvalue weighted by Gasteiger charge is 2.28. The second-order valence-corrected chi connectivity index (χ2v) is 4.93. The molecule has 1 heterocycles. The minimum absolute atomic E-state index is 0.512. The van der Waals surface area contributed by atoms with Crippen LogP contribution < -0.4 is 5.32 Å². The zero-order chi connectivity index (χ0) is 11.7. The molecule has 96 valence electrons. The molecule has 1 aliphatic heterocycles. The molecule has 0 aromatic carbocycles. The van der Waals surface area contributed by atoms with Gasteiger partial charge in [-0.3, -0.25) is 0 Å². The van der Waals surface area contributed by atoms with Crippen molar-refractivity contribution < 1.29 is 9.84 Å². The van der Waals surface area contributed by atoms with E-state index in [9.17, 15) is 5.11 Å². The molecule has 0 bridgehead atoms. The Morgan fingerprint density at radius 2 is 1.81 bits per heavy atom. The Morgan fingerprint density at radius 1 is 1.12 bits per heavy atom. The lowest BCUT2D eigenvalue weighted by atomic mass is 9.94. The number of hydrogen-bond donors (Lipinski definition) is 2. The van der Waals surface area contributed by atoms with Crippen LogP contribution in [0.3, 0.4) is 0 Å². The average molecular weight is 229 g/mol. The van der Waals surface area contributed by atoms with Gasteiger partial charge >= 0.3 is 0 Å². The smallest absolute Gasteiger partial charge is 0.0815 e. The van der Waals surface area contributed by atoms with Gasteiger partial charge in [-0.25, -0.2) is 0 Å². The van der Waals surface area contributed by atoms with Crippen LogP contribution in [0.1, 0.15) is 51.9 Å². The summed E-state index contributed by atoms with van der Waals surface area (Å²) in [5, 5.41) is 13.5. The first-order valence-corrected chi connectivity index (χ1v) is 6.78. The Balaban J connectivity index is 1.93. The second kappa shape index (κ2) is 8.04. The fourth-order valence-electron chi connectivity index (χ4n) is 2.10. The number of aliphatic hydroxyl groups is 1. The molecular weight excluding hydrogens is 202 g/mol. The maximum Gasteiger partial charge on any atom is 0.0815 e. The maximum absolute atomic E-state index is 10.2. The summed E-state index contributed by atoms with van der Waals surface area (Å²) in [6.07, 6.45) is 8.07. The van der Waals surface area contributed by atoms with Crippen LogP contribution in [0.4, 0.5) is 0 Å². The first-order chi connectivity index (χ1) is 7.77. The van der Waals surface area contributed by atoms with Gasteiger partial charge in [0.1, 0.15) is 0 Å². The summed E-state index contributed by atoms with van der Waals surface area (Å²) in [5.41, 5.74) is -0.512. The normalized spacial score (nSPS) is 19.9. The van der Waals surface area contributed by atoms with Crippen molar-refractivity contribution >= 4 is 0 Å². The third-order valence-electron chi connectivity index (χ3n) is 3.33. The Labute approximate surface area is 99.6 Å². The van der Waals surface area contributed by atoms with E-state index in [1.54, 1.807) is 0 Å². The first kappa shape index (κ1) is 13.9. The van der Waals surface area contributed by atoms with Gasteiger partial charge in [-0.15, -0.1) is 0 Å². The van der Waals surface area contributed by atoms with Crippen molar-refractivity contribution in [1.82, 2.24) is 5.32 Å². The number of rotatable bonds is 8. The van der Waals surface area contributed by atoms with Crippen LogP contribution in [-0.2, 0) is 4.74 Å². The van der Waals surface area contributed by atoms with Gasteiger partial charge in [0.15, 0.2) is 0 Å². The van der Waals surface area contributed by atoms with Crippen molar-refractivity contribution in [3.05, 3.63) is 0 Å². The SMILES string of the molecule is CCCCCCCNCC1(O)CCOCC1. The van der Waals surface area contributed by atoms with Gasteiger partial charge in [0.2, 0.25) is 0 Å². The molecule has 0 aromatic rings. The predicted octanol–water partition coefficient (Wildman–Crippen LogP) is 2.09. The summed E-state index contributed by atoms with van der Waals surface area (Å²) in [5.74, 6) is 0. The molecule has 16 heavy (non-hydrogen) atoms. The molecule has 0 spiro atoms. The van der Waals surface area contributed by atoms with Crippen LogP contribution in [0.2, 0.25) is 0 Å². The number of hydrogen-bond acceptors (Lipinski definition) is 3. The van der Waals surface area contributed by atoms with Crippen LogP contribution in [0.25, 0.3) is 0 Å². The highest BCUT2D eigenvalue weighted by molar-refractivity contribution is 4.83. The molecule has 1 fully saturated rings. The van der Waals surface area contributed by atoms with Gasteiger partial charge in [0.05, 0.1) is 5.60 Å². The second-order valence-electron chi connectivity index (χ2n) is 4.93. The molecule has 0 aliphatic carbocycles. The molecule has 1 saturated heterocycles. The number of ether oxygens (including phenoxy) is 1. The summed E-state index contributed by atoms with van der Waals surface area (Å²) >= 11 is 0. The van der Waals surface area contributed by atoms with Crippen LogP contribution >= 0.6 is 0 Å². The van der Waals surface area contributed by atoms with E-state index in [1.807, 2.05) is 0 Å². The molecule has 1 rings (SSSR count). The van der Waals surface area contributed by atoms with Gasteiger partial charge in [-0.05, 0) is 13.0 Å². The number of unbranched alkanes of at least 4 members (excludes halogenated alkanes) is 4. The first-order valence-electron chi connectivity index (χ1n) is 6.78. The van der Waals surface area contributed by atoms with Crippen LogP contribution in [0.5, 0.6) is 0 Å². The van der Waals surface area contributed by atoms with Crippen molar-refractivity contribution in [2.75, 3.05) is 26.3 Å². The standard InChI is InChI=1S/C13H27NO2/c1-2-3-4-5-6-9-14-12-13(15)7-10-16-11-8-13/h14-15H,2-12H2,1H3. The van der Waals surface area contributed by atoms with Gasteiger partial charge in [-0.1, -0.05) is 32.6 Å².